The third kappa shape index (κ3) is 2.15. The third-order valence-electron chi connectivity index (χ3n) is 3.00. The number of H-pyrrole nitrogens is 1. The molecule has 2 N–H and O–H groups in total. The Kier molecular flexibility index (Phi) is 3.08. The number of rotatable bonds is 2. The first-order chi connectivity index (χ1) is 9.19. The molecule has 0 saturated heterocycles. The smallest absolute Gasteiger partial charge is 0.133 e. The van der Waals surface area contributed by atoms with Crippen molar-refractivity contribution in [2.45, 2.75) is 6.61 Å². The van der Waals surface area contributed by atoms with E-state index in [2.05, 4.69) is 26.1 Å². The minimum absolute atomic E-state index is 0.175. The lowest BCUT2D eigenvalue weighted by Gasteiger charge is -2.03. The first-order valence-corrected chi connectivity index (χ1v) is 6.51. The highest BCUT2D eigenvalue weighted by Gasteiger charge is 2.12. The monoisotopic (exact) mass is 320 g/mol. The molecule has 0 atom stereocenters. The Bertz CT molecular complexity index is 754. The zero-order valence-corrected chi connectivity index (χ0v) is 11.4. The third-order valence-corrected chi connectivity index (χ3v) is 3.49. The molecule has 2 aromatic carbocycles. The van der Waals surface area contributed by atoms with Crippen LogP contribution in [0.1, 0.15) is 5.56 Å². The van der Waals surface area contributed by atoms with E-state index in [-0.39, 0.29) is 12.4 Å². The van der Waals surface area contributed by atoms with Gasteiger partial charge in [0.1, 0.15) is 11.5 Å². The molecule has 19 heavy (non-hydrogen) atoms. The topological polar surface area (TPSA) is 48.9 Å². The highest BCUT2D eigenvalue weighted by Crippen LogP contribution is 2.30. The molecule has 0 fully saturated rings. The van der Waals surface area contributed by atoms with E-state index in [1.54, 1.807) is 12.1 Å². The van der Waals surface area contributed by atoms with Crippen LogP contribution in [0.4, 0.5) is 4.39 Å². The molecule has 1 aromatic heterocycles. The van der Waals surface area contributed by atoms with Gasteiger partial charge in [-0.15, -0.1) is 0 Å². The van der Waals surface area contributed by atoms with Gasteiger partial charge in [-0.2, -0.15) is 5.10 Å². The van der Waals surface area contributed by atoms with Crippen LogP contribution in [0.3, 0.4) is 0 Å². The zero-order chi connectivity index (χ0) is 13.4. The Morgan fingerprint density at radius 1 is 1.21 bits per heavy atom. The standard InChI is InChI=1S/C14H10BrFN2O/c15-9-2-4-11-13(6-9)17-18-14(11)10-3-1-8(7-19)5-12(10)16/h1-6,19H,7H2,(H,17,18). The van der Waals surface area contributed by atoms with Crippen LogP contribution < -0.4 is 0 Å². The second-order valence-corrected chi connectivity index (χ2v) is 5.15. The van der Waals surface area contributed by atoms with Crippen LogP contribution in [0.25, 0.3) is 22.2 Å². The van der Waals surface area contributed by atoms with E-state index in [0.29, 0.717) is 16.8 Å². The minimum Gasteiger partial charge on any atom is -0.392 e. The first-order valence-electron chi connectivity index (χ1n) is 5.72. The van der Waals surface area contributed by atoms with Crippen LogP contribution in [-0.2, 0) is 6.61 Å². The van der Waals surface area contributed by atoms with Gasteiger partial charge in [0.2, 0.25) is 0 Å². The molecule has 3 aromatic rings. The van der Waals surface area contributed by atoms with E-state index in [4.69, 9.17) is 5.11 Å². The summed E-state index contributed by atoms with van der Waals surface area (Å²) in [6, 6.07) is 10.3. The predicted molar refractivity (Wildman–Crippen MR) is 75.1 cm³/mol. The van der Waals surface area contributed by atoms with Crippen molar-refractivity contribution in [2.75, 3.05) is 0 Å². The van der Waals surface area contributed by atoms with E-state index >= 15 is 0 Å². The molecule has 0 spiro atoms. The van der Waals surface area contributed by atoms with Crippen molar-refractivity contribution >= 4 is 26.8 Å². The van der Waals surface area contributed by atoms with Crippen molar-refractivity contribution in [3.05, 3.63) is 52.3 Å². The summed E-state index contributed by atoms with van der Waals surface area (Å²) in [5, 5.41) is 16.9. The molecule has 0 radical (unpaired) electrons. The van der Waals surface area contributed by atoms with E-state index in [0.717, 1.165) is 15.4 Å². The van der Waals surface area contributed by atoms with Gasteiger partial charge >= 0.3 is 0 Å². The Morgan fingerprint density at radius 3 is 2.79 bits per heavy atom. The van der Waals surface area contributed by atoms with Crippen molar-refractivity contribution in [3.8, 4) is 11.3 Å². The summed E-state index contributed by atoms with van der Waals surface area (Å²) in [6.07, 6.45) is 0. The maximum Gasteiger partial charge on any atom is 0.133 e. The molecule has 0 amide bonds. The summed E-state index contributed by atoms with van der Waals surface area (Å²) < 4.78 is 15.0. The SMILES string of the molecule is OCc1ccc(-c2n[nH]c3cc(Br)ccc23)c(F)c1. The Morgan fingerprint density at radius 2 is 2.05 bits per heavy atom. The van der Waals surface area contributed by atoms with Gasteiger partial charge in [0.15, 0.2) is 0 Å². The van der Waals surface area contributed by atoms with Gasteiger partial charge in [-0.05, 0) is 35.9 Å². The zero-order valence-electron chi connectivity index (χ0n) is 9.82. The fraction of sp³-hybridized carbons (Fsp3) is 0.0714. The van der Waals surface area contributed by atoms with Crippen molar-refractivity contribution in [2.24, 2.45) is 0 Å². The summed E-state index contributed by atoms with van der Waals surface area (Å²) >= 11 is 3.38. The molecule has 1 heterocycles. The Hall–Kier alpha value is -1.72. The molecular weight excluding hydrogens is 311 g/mol. The number of nitrogens with one attached hydrogen (secondary N) is 1. The first kappa shape index (κ1) is 12.3. The largest absolute Gasteiger partial charge is 0.392 e. The van der Waals surface area contributed by atoms with Crippen LogP contribution in [0.5, 0.6) is 0 Å². The average molecular weight is 321 g/mol. The van der Waals surface area contributed by atoms with Crippen molar-refractivity contribution in [1.82, 2.24) is 10.2 Å². The Balaban J connectivity index is 2.19. The fourth-order valence-electron chi connectivity index (χ4n) is 2.05. The number of fused-ring (bicyclic) bond motifs is 1. The molecule has 96 valence electrons. The quantitative estimate of drug-likeness (QED) is 0.757. The second kappa shape index (κ2) is 4.75. The minimum atomic E-state index is -0.386. The number of aliphatic hydroxyl groups is 1. The highest BCUT2D eigenvalue weighted by molar-refractivity contribution is 9.10. The number of benzene rings is 2. The van der Waals surface area contributed by atoms with Gasteiger partial charge in [-0.25, -0.2) is 4.39 Å². The van der Waals surface area contributed by atoms with Crippen LogP contribution in [0, 0.1) is 5.82 Å². The number of hydrogen-bond donors (Lipinski definition) is 2. The molecule has 0 bridgehead atoms. The van der Waals surface area contributed by atoms with Crippen LogP contribution in [0.15, 0.2) is 40.9 Å². The molecule has 0 saturated carbocycles. The van der Waals surface area contributed by atoms with Crippen LogP contribution in [0.2, 0.25) is 0 Å². The van der Waals surface area contributed by atoms with Gasteiger partial charge in [-0.1, -0.05) is 22.0 Å². The number of nitrogens with zero attached hydrogens (tertiary/aromatic N) is 1. The van der Waals surface area contributed by atoms with Gasteiger partial charge in [-0.3, -0.25) is 5.10 Å². The number of hydrogen-bond acceptors (Lipinski definition) is 2. The van der Waals surface area contributed by atoms with Gasteiger partial charge < -0.3 is 5.11 Å². The molecule has 0 aliphatic carbocycles. The van der Waals surface area contributed by atoms with E-state index in [1.165, 1.54) is 6.07 Å². The summed E-state index contributed by atoms with van der Waals surface area (Å²) in [5.74, 6) is -0.386. The maximum atomic E-state index is 14.0. The highest BCUT2D eigenvalue weighted by atomic mass is 79.9. The van der Waals surface area contributed by atoms with E-state index in [1.807, 2.05) is 18.2 Å². The van der Waals surface area contributed by atoms with Crippen molar-refractivity contribution in [3.63, 3.8) is 0 Å². The molecule has 5 heteroatoms. The van der Waals surface area contributed by atoms with Crippen molar-refractivity contribution < 1.29 is 9.50 Å². The van der Waals surface area contributed by atoms with Crippen LogP contribution >= 0.6 is 15.9 Å². The van der Waals surface area contributed by atoms with Crippen LogP contribution in [-0.4, -0.2) is 15.3 Å². The molecule has 0 unspecified atom stereocenters. The van der Waals surface area contributed by atoms with Gasteiger partial charge in [0, 0.05) is 15.4 Å². The summed E-state index contributed by atoms with van der Waals surface area (Å²) in [5.41, 5.74) is 2.38. The second-order valence-electron chi connectivity index (χ2n) is 4.23. The molecular formula is C14H10BrFN2O. The predicted octanol–water partition coefficient (Wildman–Crippen LogP) is 3.62. The summed E-state index contributed by atoms with van der Waals surface area (Å²) in [7, 11) is 0. The lowest BCUT2D eigenvalue weighted by molar-refractivity contribution is 0.281. The summed E-state index contributed by atoms with van der Waals surface area (Å²) in [4.78, 5) is 0. The van der Waals surface area contributed by atoms with Crippen molar-refractivity contribution in [1.29, 1.82) is 0 Å². The van der Waals surface area contributed by atoms with Gasteiger partial charge in [0.05, 0.1) is 12.1 Å². The maximum absolute atomic E-state index is 14.0. The van der Waals surface area contributed by atoms with Gasteiger partial charge in [0.25, 0.3) is 0 Å². The van der Waals surface area contributed by atoms with E-state index in [9.17, 15) is 4.39 Å². The fourth-order valence-corrected chi connectivity index (χ4v) is 2.41. The number of aliphatic hydroxyl groups excluding tert-OH is 1. The average Bonchev–Trinajstić information content (AvgIpc) is 2.81. The normalized spacial score (nSPS) is 11.1. The lowest BCUT2D eigenvalue weighted by Crippen LogP contribution is -1.89. The number of aromatic nitrogens is 2. The molecule has 0 aliphatic rings. The molecule has 3 rings (SSSR count). The molecule has 3 nitrogen and oxygen atoms in total. The number of aromatic amines is 1. The molecule has 0 aliphatic heterocycles. The van der Waals surface area contributed by atoms with E-state index < -0.39 is 0 Å². The number of halogens is 2. The lowest BCUT2D eigenvalue weighted by atomic mass is 10.1. The Labute approximate surface area is 117 Å². The summed E-state index contributed by atoms with van der Waals surface area (Å²) in [6.45, 7) is -0.175.